The number of rotatable bonds is 6. The molecule has 0 radical (unpaired) electrons. The molecule has 2 rings (SSSR count). The minimum absolute atomic E-state index is 1.01. The van der Waals surface area contributed by atoms with Gasteiger partial charge in [-0.25, -0.2) is 0 Å². The highest BCUT2D eigenvalue weighted by Crippen LogP contribution is 1.99. The summed E-state index contributed by atoms with van der Waals surface area (Å²) in [5, 5.41) is 7.61. The van der Waals surface area contributed by atoms with Gasteiger partial charge in [-0.3, -0.25) is 4.68 Å². The average Bonchev–Trinajstić information content (AvgIpc) is 2.76. The lowest BCUT2D eigenvalue weighted by atomic mass is 10.1. The van der Waals surface area contributed by atoms with Crippen LogP contribution in [0.5, 0.6) is 0 Å². The number of hydrogen-bond acceptors (Lipinski definition) is 2. The van der Waals surface area contributed by atoms with Crippen molar-refractivity contribution in [1.29, 1.82) is 0 Å². The Bertz CT molecular complexity index is 434. The predicted octanol–water partition coefficient (Wildman–Crippen LogP) is 1.79. The third-order valence-corrected chi connectivity index (χ3v) is 2.78. The van der Waals surface area contributed by atoms with E-state index >= 15 is 0 Å². The number of aromatic nitrogens is 2. The normalized spacial score (nSPS) is 10.6. The van der Waals surface area contributed by atoms with Crippen LogP contribution in [0.4, 0.5) is 0 Å². The fourth-order valence-corrected chi connectivity index (χ4v) is 1.84. The van der Waals surface area contributed by atoms with Gasteiger partial charge in [-0.15, -0.1) is 0 Å². The summed E-state index contributed by atoms with van der Waals surface area (Å²) in [6.07, 6.45) is 6.13. The molecule has 0 spiro atoms. The Labute approximate surface area is 102 Å². The van der Waals surface area contributed by atoms with E-state index in [-0.39, 0.29) is 0 Å². The minimum atomic E-state index is 1.01. The van der Waals surface area contributed by atoms with Crippen LogP contribution in [0.25, 0.3) is 0 Å². The van der Waals surface area contributed by atoms with E-state index in [1.54, 1.807) is 0 Å². The van der Waals surface area contributed by atoms with Crippen molar-refractivity contribution in [3.63, 3.8) is 0 Å². The minimum Gasteiger partial charge on any atom is -0.316 e. The van der Waals surface area contributed by atoms with Gasteiger partial charge in [-0.2, -0.15) is 5.10 Å². The molecule has 0 unspecified atom stereocenters. The Morgan fingerprint density at radius 2 is 1.76 bits per heavy atom. The van der Waals surface area contributed by atoms with Crippen LogP contribution in [0.3, 0.4) is 0 Å². The molecule has 0 aliphatic rings. The highest BCUT2D eigenvalue weighted by atomic mass is 15.2. The van der Waals surface area contributed by atoms with Crippen molar-refractivity contribution >= 4 is 0 Å². The summed E-state index contributed by atoms with van der Waals surface area (Å²) < 4.78 is 1.85. The lowest BCUT2D eigenvalue weighted by Crippen LogP contribution is -2.19. The van der Waals surface area contributed by atoms with E-state index in [1.807, 2.05) is 17.9 Å². The van der Waals surface area contributed by atoms with E-state index in [2.05, 4.69) is 46.9 Å². The van der Waals surface area contributed by atoms with Crippen LogP contribution in [0, 0.1) is 0 Å². The zero-order valence-corrected chi connectivity index (χ0v) is 10.3. The molecule has 0 saturated carbocycles. The molecule has 0 atom stereocenters. The second-order valence-corrected chi connectivity index (χ2v) is 4.26. The highest BCUT2D eigenvalue weighted by Gasteiger charge is 1.96. The largest absolute Gasteiger partial charge is 0.316 e. The lowest BCUT2D eigenvalue weighted by molar-refractivity contribution is 0.681. The molecule has 0 bridgehead atoms. The Hall–Kier alpha value is -1.61. The van der Waals surface area contributed by atoms with Crippen LogP contribution >= 0.6 is 0 Å². The summed E-state index contributed by atoms with van der Waals surface area (Å²) in [6, 6.07) is 10.6. The van der Waals surface area contributed by atoms with Crippen LogP contribution in [-0.4, -0.2) is 22.9 Å². The fraction of sp³-hybridized carbons (Fsp3) is 0.357. The standard InChI is InChI=1S/C14H19N3/c1-17-12-14(11-16-17)8-10-15-9-7-13-5-3-2-4-6-13/h2-6,11-12,15H,7-10H2,1H3. The average molecular weight is 229 g/mol. The molecule has 2 aromatic rings. The summed E-state index contributed by atoms with van der Waals surface area (Å²) in [6.45, 7) is 2.04. The van der Waals surface area contributed by atoms with Gasteiger partial charge in [-0.05, 0) is 37.1 Å². The van der Waals surface area contributed by atoms with Crippen molar-refractivity contribution < 1.29 is 0 Å². The molecule has 3 heteroatoms. The molecule has 1 aromatic heterocycles. The molecule has 0 fully saturated rings. The van der Waals surface area contributed by atoms with Crippen LogP contribution < -0.4 is 5.32 Å². The van der Waals surface area contributed by atoms with Gasteiger partial charge in [0.2, 0.25) is 0 Å². The SMILES string of the molecule is Cn1cc(CCNCCc2ccccc2)cn1. The maximum Gasteiger partial charge on any atom is 0.0522 e. The van der Waals surface area contributed by atoms with Gasteiger partial charge >= 0.3 is 0 Å². The van der Waals surface area contributed by atoms with Gasteiger partial charge in [0.05, 0.1) is 6.20 Å². The molecule has 0 saturated heterocycles. The third-order valence-electron chi connectivity index (χ3n) is 2.78. The van der Waals surface area contributed by atoms with Gasteiger partial charge in [0.1, 0.15) is 0 Å². The maximum absolute atomic E-state index is 4.15. The van der Waals surface area contributed by atoms with Crippen molar-refractivity contribution in [3.05, 3.63) is 53.9 Å². The van der Waals surface area contributed by atoms with E-state index < -0.39 is 0 Å². The summed E-state index contributed by atoms with van der Waals surface area (Å²) >= 11 is 0. The summed E-state index contributed by atoms with van der Waals surface area (Å²) in [5.41, 5.74) is 2.68. The van der Waals surface area contributed by atoms with Crippen LogP contribution in [-0.2, 0) is 19.9 Å². The van der Waals surface area contributed by atoms with Gasteiger partial charge in [0, 0.05) is 13.2 Å². The Kier molecular flexibility index (Phi) is 4.33. The fourth-order valence-electron chi connectivity index (χ4n) is 1.84. The number of nitrogens with one attached hydrogen (secondary N) is 1. The molecule has 17 heavy (non-hydrogen) atoms. The van der Waals surface area contributed by atoms with Crippen molar-refractivity contribution in [1.82, 2.24) is 15.1 Å². The zero-order valence-electron chi connectivity index (χ0n) is 10.3. The van der Waals surface area contributed by atoms with Gasteiger partial charge in [-0.1, -0.05) is 30.3 Å². The monoisotopic (exact) mass is 229 g/mol. The van der Waals surface area contributed by atoms with E-state index in [0.717, 1.165) is 25.9 Å². The van der Waals surface area contributed by atoms with Gasteiger partial charge < -0.3 is 5.32 Å². The Morgan fingerprint density at radius 3 is 2.41 bits per heavy atom. The maximum atomic E-state index is 4.15. The predicted molar refractivity (Wildman–Crippen MR) is 69.9 cm³/mol. The first-order valence-corrected chi connectivity index (χ1v) is 6.07. The van der Waals surface area contributed by atoms with Crippen molar-refractivity contribution in [3.8, 4) is 0 Å². The summed E-state index contributed by atoms with van der Waals surface area (Å²) in [5.74, 6) is 0. The third kappa shape index (κ3) is 4.04. The van der Waals surface area contributed by atoms with E-state index in [0.29, 0.717) is 0 Å². The van der Waals surface area contributed by atoms with Gasteiger partial charge in [0.25, 0.3) is 0 Å². The molecular formula is C14H19N3. The first-order valence-electron chi connectivity index (χ1n) is 6.07. The first-order chi connectivity index (χ1) is 8.34. The molecule has 0 amide bonds. The second kappa shape index (κ2) is 6.21. The number of aryl methyl sites for hydroxylation is 1. The van der Waals surface area contributed by atoms with Crippen molar-refractivity contribution in [2.75, 3.05) is 13.1 Å². The number of hydrogen-bond donors (Lipinski definition) is 1. The smallest absolute Gasteiger partial charge is 0.0522 e. The summed E-state index contributed by atoms with van der Waals surface area (Å²) in [4.78, 5) is 0. The van der Waals surface area contributed by atoms with Crippen LogP contribution in [0.1, 0.15) is 11.1 Å². The zero-order chi connectivity index (χ0) is 11.9. The molecule has 3 nitrogen and oxygen atoms in total. The van der Waals surface area contributed by atoms with Crippen molar-refractivity contribution in [2.45, 2.75) is 12.8 Å². The molecule has 1 aromatic carbocycles. The molecule has 1 N–H and O–H groups in total. The quantitative estimate of drug-likeness (QED) is 0.765. The topological polar surface area (TPSA) is 29.9 Å². The Morgan fingerprint density at radius 1 is 1.06 bits per heavy atom. The summed E-state index contributed by atoms with van der Waals surface area (Å²) in [7, 11) is 1.95. The van der Waals surface area contributed by atoms with E-state index in [1.165, 1.54) is 11.1 Å². The number of nitrogens with zero attached hydrogens (tertiary/aromatic N) is 2. The molecule has 90 valence electrons. The van der Waals surface area contributed by atoms with Crippen LogP contribution in [0.2, 0.25) is 0 Å². The van der Waals surface area contributed by atoms with E-state index in [9.17, 15) is 0 Å². The molecule has 1 heterocycles. The molecule has 0 aliphatic carbocycles. The van der Waals surface area contributed by atoms with E-state index in [4.69, 9.17) is 0 Å². The molecular weight excluding hydrogens is 210 g/mol. The second-order valence-electron chi connectivity index (χ2n) is 4.26. The first kappa shape index (κ1) is 11.9. The lowest BCUT2D eigenvalue weighted by Gasteiger charge is -2.03. The van der Waals surface area contributed by atoms with Gasteiger partial charge in [0.15, 0.2) is 0 Å². The molecule has 0 aliphatic heterocycles. The van der Waals surface area contributed by atoms with Crippen LogP contribution in [0.15, 0.2) is 42.7 Å². The van der Waals surface area contributed by atoms with Crippen molar-refractivity contribution in [2.24, 2.45) is 7.05 Å². The Balaban J connectivity index is 1.61. The number of benzene rings is 1. The highest BCUT2D eigenvalue weighted by molar-refractivity contribution is 5.14.